The van der Waals surface area contributed by atoms with Crippen molar-refractivity contribution >= 4 is 5.91 Å². The fourth-order valence-electron chi connectivity index (χ4n) is 3.08. The Bertz CT molecular complexity index is 1230. The predicted molar refractivity (Wildman–Crippen MR) is 103 cm³/mol. The highest BCUT2D eigenvalue weighted by Crippen LogP contribution is 2.32. The van der Waals surface area contributed by atoms with Crippen molar-refractivity contribution in [2.75, 3.05) is 0 Å². The maximum Gasteiger partial charge on any atom is 0.435 e. The van der Waals surface area contributed by atoms with Crippen molar-refractivity contribution in [3.8, 4) is 5.69 Å². The van der Waals surface area contributed by atoms with E-state index < -0.39 is 29.3 Å². The van der Waals surface area contributed by atoms with Gasteiger partial charge in [0.2, 0.25) is 0 Å². The fourth-order valence-corrected chi connectivity index (χ4v) is 3.08. The third kappa shape index (κ3) is 4.63. The lowest BCUT2D eigenvalue weighted by atomic mass is 10.1. The number of carbonyl (C=O) groups excluding carboxylic acids is 1. The second-order valence-corrected chi connectivity index (χ2v) is 6.77. The Morgan fingerprint density at radius 1 is 1.06 bits per heavy atom. The van der Waals surface area contributed by atoms with E-state index in [1.54, 1.807) is 29.2 Å². The van der Waals surface area contributed by atoms with Crippen LogP contribution in [0.3, 0.4) is 0 Å². The van der Waals surface area contributed by atoms with Gasteiger partial charge in [0.15, 0.2) is 11.4 Å². The van der Waals surface area contributed by atoms with Crippen molar-refractivity contribution in [2.24, 2.45) is 0 Å². The summed E-state index contributed by atoms with van der Waals surface area (Å²) < 4.78 is 56.6. The standard InChI is InChI=1S/C20H15F4N7O/c21-15-5-2-6-16(8-15)31-18(20(22,23)24)17(28-29-31)19(32)26-9-13-3-1-4-14(7-13)10-30-12-25-11-27-30/h1-8,11-12H,9-10H2,(H,26,32). The Kier molecular flexibility index (Phi) is 5.67. The number of rotatable bonds is 6. The molecular weight excluding hydrogens is 430 g/mol. The molecule has 0 aliphatic heterocycles. The lowest BCUT2D eigenvalue weighted by Crippen LogP contribution is -2.27. The molecule has 0 aliphatic carbocycles. The molecule has 0 aliphatic rings. The minimum Gasteiger partial charge on any atom is -0.346 e. The van der Waals surface area contributed by atoms with Crippen molar-refractivity contribution in [2.45, 2.75) is 19.3 Å². The van der Waals surface area contributed by atoms with E-state index in [1.807, 2.05) is 6.07 Å². The number of alkyl halides is 3. The zero-order valence-corrected chi connectivity index (χ0v) is 16.3. The molecule has 0 fully saturated rings. The lowest BCUT2D eigenvalue weighted by molar-refractivity contribution is -0.143. The Morgan fingerprint density at radius 2 is 1.84 bits per heavy atom. The summed E-state index contributed by atoms with van der Waals surface area (Å²) >= 11 is 0. The van der Waals surface area contributed by atoms with E-state index in [9.17, 15) is 22.4 Å². The summed E-state index contributed by atoms with van der Waals surface area (Å²) in [5.41, 5.74) is -0.955. The first-order valence-corrected chi connectivity index (χ1v) is 9.28. The zero-order chi connectivity index (χ0) is 22.7. The molecule has 0 spiro atoms. The Hall–Kier alpha value is -4.09. The van der Waals surface area contributed by atoms with Crippen LogP contribution in [0, 0.1) is 5.82 Å². The normalized spacial score (nSPS) is 11.5. The molecule has 12 heteroatoms. The van der Waals surface area contributed by atoms with Gasteiger partial charge in [-0.1, -0.05) is 35.5 Å². The van der Waals surface area contributed by atoms with E-state index in [4.69, 9.17) is 0 Å². The molecule has 8 nitrogen and oxygen atoms in total. The van der Waals surface area contributed by atoms with Crippen LogP contribution >= 0.6 is 0 Å². The molecule has 4 rings (SSSR count). The van der Waals surface area contributed by atoms with Crippen LogP contribution in [0.15, 0.2) is 61.2 Å². The lowest BCUT2D eigenvalue weighted by Gasteiger charge is -2.11. The number of carbonyl (C=O) groups is 1. The molecule has 2 aromatic carbocycles. The average molecular weight is 445 g/mol. The van der Waals surface area contributed by atoms with Crippen LogP contribution in [0.25, 0.3) is 5.69 Å². The number of hydrogen-bond donors (Lipinski definition) is 1. The summed E-state index contributed by atoms with van der Waals surface area (Å²) in [4.78, 5) is 16.4. The van der Waals surface area contributed by atoms with Crippen LogP contribution in [-0.4, -0.2) is 35.7 Å². The average Bonchev–Trinajstić information content (AvgIpc) is 3.42. The van der Waals surface area contributed by atoms with Gasteiger partial charge in [0.25, 0.3) is 5.91 Å². The molecule has 0 atom stereocenters. The first-order valence-electron chi connectivity index (χ1n) is 9.28. The molecule has 2 heterocycles. The van der Waals surface area contributed by atoms with E-state index in [-0.39, 0.29) is 12.2 Å². The summed E-state index contributed by atoms with van der Waals surface area (Å²) in [5, 5.41) is 13.3. The number of amides is 1. The van der Waals surface area contributed by atoms with Gasteiger partial charge in [-0.05, 0) is 29.3 Å². The molecular formula is C20H15F4N7O. The first-order chi connectivity index (χ1) is 15.3. The van der Waals surface area contributed by atoms with Gasteiger partial charge in [0.1, 0.15) is 18.5 Å². The highest BCUT2D eigenvalue weighted by molar-refractivity contribution is 5.93. The summed E-state index contributed by atoms with van der Waals surface area (Å²) in [6.45, 7) is 0.413. The van der Waals surface area contributed by atoms with Crippen molar-refractivity contribution < 1.29 is 22.4 Å². The topological polar surface area (TPSA) is 90.5 Å². The van der Waals surface area contributed by atoms with Gasteiger partial charge in [0, 0.05) is 6.54 Å². The second-order valence-electron chi connectivity index (χ2n) is 6.77. The van der Waals surface area contributed by atoms with Crippen molar-refractivity contribution in [3.63, 3.8) is 0 Å². The van der Waals surface area contributed by atoms with Crippen LogP contribution in [-0.2, 0) is 19.3 Å². The van der Waals surface area contributed by atoms with Crippen LogP contribution < -0.4 is 5.32 Å². The van der Waals surface area contributed by atoms with Crippen molar-refractivity contribution in [3.05, 3.63) is 89.5 Å². The summed E-state index contributed by atoms with van der Waals surface area (Å²) in [6.07, 6.45) is -1.99. The molecule has 0 bridgehead atoms. The molecule has 2 aromatic heterocycles. The third-order valence-electron chi connectivity index (χ3n) is 4.46. The summed E-state index contributed by atoms with van der Waals surface area (Å²) in [5.74, 6) is -1.80. The number of hydrogen-bond acceptors (Lipinski definition) is 5. The van der Waals surface area contributed by atoms with Gasteiger partial charge in [-0.2, -0.15) is 18.3 Å². The Labute approximate surface area is 178 Å². The summed E-state index contributed by atoms with van der Waals surface area (Å²) in [7, 11) is 0. The highest BCUT2D eigenvalue weighted by Gasteiger charge is 2.42. The predicted octanol–water partition coefficient (Wildman–Crippen LogP) is 3.00. The van der Waals surface area contributed by atoms with Crippen LogP contribution in [0.4, 0.5) is 17.6 Å². The smallest absolute Gasteiger partial charge is 0.346 e. The highest BCUT2D eigenvalue weighted by atomic mass is 19.4. The summed E-state index contributed by atoms with van der Waals surface area (Å²) in [6, 6.07) is 11.5. The minimum atomic E-state index is -4.94. The first kappa shape index (κ1) is 21.2. The molecule has 1 amide bonds. The molecule has 1 N–H and O–H groups in total. The number of benzene rings is 2. The number of nitrogens with zero attached hydrogens (tertiary/aromatic N) is 6. The Morgan fingerprint density at radius 3 is 2.56 bits per heavy atom. The number of halogens is 4. The molecule has 32 heavy (non-hydrogen) atoms. The van der Waals surface area contributed by atoms with Gasteiger partial charge in [-0.15, -0.1) is 5.10 Å². The van der Waals surface area contributed by atoms with Gasteiger partial charge >= 0.3 is 6.18 Å². The van der Waals surface area contributed by atoms with Gasteiger partial charge in [0.05, 0.1) is 12.2 Å². The zero-order valence-electron chi connectivity index (χ0n) is 16.3. The van der Waals surface area contributed by atoms with Crippen LogP contribution in [0.2, 0.25) is 0 Å². The quantitative estimate of drug-likeness (QED) is 0.461. The van der Waals surface area contributed by atoms with Crippen LogP contribution in [0.1, 0.15) is 27.3 Å². The maximum absolute atomic E-state index is 13.7. The van der Waals surface area contributed by atoms with Gasteiger partial charge in [-0.3, -0.25) is 4.79 Å². The van der Waals surface area contributed by atoms with E-state index >= 15 is 0 Å². The monoisotopic (exact) mass is 445 g/mol. The van der Waals surface area contributed by atoms with Crippen LogP contribution in [0.5, 0.6) is 0 Å². The molecule has 0 saturated heterocycles. The Balaban J connectivity index is 1.54. The minimum absolute atomic E-state index is 0.0336. The third-order valence-corrected chi connectivity index (χ3v) is 4.46. The van der Waals surface area contributed by atoms with E-state index in [2.05, 4.69) is 25.7 Å². The van der Waals surface area contributed by atoms with Gasteiger partial charge in [-0.25, -0.2) is 18.7 Å². The number of aromatic nitrogens is 6. The second kappa shape index (κ2) is 8.57. The molecule has 4 aromatic rings. The molecule has 0 radical (unpaired) electrons. The molecule has 0 saturated carbocycles. The molecule has 164 valence electrons. The van der Waals surface area contributed by atoms with E-state index in [1.165, 1.54) is 18.5 Å². The van der Waals surface area contributed by atoms with Crippen molar-refractivity contribution in [1.82, 2.24) is 35.1 Å². The molecule has 0 unspecified atom stereocenters. The van der Waals surface area contributed by atoms with Gasteiger partial charge < -0.3 is 5.32 Å². The maximum atomic E-state index is 13.7. The fraction of sp³-hybridized carbons (Fsp3) is 0.150. The SMILES string of the molecule is O=C(NCc1cccc(Cn2cncn2)c1)c1nnn(-c2cccc(F)c2)c1C(F)(F)F. The van der Waals surface area contributed by atoms with E-state index in [0.29, 0.717) is 16.8 Å². The largest absolute Gasteiger partial charge is 0.435 e. The van der Waals surface area contributed by atoms with E-state index in [0.717, 1.165) is 17.7 Å². The van der Waals surface area contributed by atoms with Crippen molar-refractivity contribution in [1.29, 1.82) is 0 Å². The number of nitrogens with one attached hydrogen (secondary N) is 1.